The molecule has 0 amide bonds. The van der Waals surface area contributed by atoms with Gasteiger partial charge >= 0.3 is 5.69 Å². The number of nitrogens with zero attached hydrogens (tertiary/aromatic N) is 1. The summed E-state index contributed by atoms with van der Waals surface area (Å²) in [5, 5.41) is 13.7. The van der Waals surface area contributed by atoms with Crippen LogP contribution >= 0.6 is 22.7 Å². The van der Waals surface area contributed by atoms with E-state index in [1.807, 2.05) is 19.1 Å². The second-order valence-corrected chi connectivity index (χ2v) is 8.54. The molecule has 0 saturated heterocycles. The summed E-state index contributed by atoms with van der Waals surface area (Å²) < 4.78 is 26.7. The Labute approximate surface area is 129 Å². The summed E-state index contributed by atoms with van der Waals surface area (Å²) in [6.07, 6.45) is 0. The average molecular weight is 347 g/mol. The van der Waals surface area contributed by atoms with Crippen molar-refractivity contribution >= 4 is 43.4 Å². The number of hydrogen-bond donors (Lipinski definition) is 2. The van der Waals surface area contributed by atoms with Crippen molar-refractivity contribution in [3.63, 3.8) is 0 Å². The van der Waals surface area contributed by atoms with E-state index in [-0.39, 0.29) is 21.4 Å². The average Bonchev–Trinajstić information content (AvgIpc) is 3.02. The van der Waals surface area contributed by atoms with Crippen molar-refractivity contribution in [1.29, 1.82) is 0 Å². The van der Waals surface area contributed by atoms with E-state index in [4.69, 9.17) is 0 Å². The van der Waals surface area contributed by atoms with Gasteiger partial charge < -0.3 is 5.32 Å². The maximum absolute atomic E-state index is 12.2. The van der Waals surface area contributed by atoms with Crippen LogP contribution in [0.2, 0.25) is 0 Å². The lowest BCUT2D eigenvalue weighted by Gasteiger charge is -2.02. The first-order chi connectivity index (χ1) is 9.83. The van der Waals surface area contributed by atoms with E-state index in [9.17, 15) is 18.5 Å². The van der Waals surface area contributed by atoms with Gasteiger partial charge in [0.2, 0.25) is 0 Å². The van der Waals surface area contributed by atoms with Gasteiger partial charge in [-0.3, -0.25) is 10.1 Å². The lowest BCUT2D eigenvalue weighted by atomic mass is 10.4. The summed E-state index contributed by atoms with van der Waals surface area (Å²) >= 11 is 2.33. The van der Waals surface area contributed by atoms with Crippen LogP contribution in [-0.4, -0.2) is 20.4 Å². The molecule has 2 aromatic rings. The van der Waals surface area contributed by atoms with Gasteiger partial charge in [-0.25, -0.2) is 13.1 Å². The van der Waals surface area contributed by atoms with E-state index >= 15 is 0 Å². The highest BCUT2D eigenvalue weighted by Crippen LogP contribution is 2.36. The summed E-state index contributed by atoms with van der Waals surface area (Å²) in [5.74, 6) is 0. The Bertz CT molecular complexity index is 764. The largest absolute Gasteiger partial charge is 0.374 e. The fourth-order valence-electron chi connectivity index (χ4n) is 1.62. The van der Waals surface area contributed by atoms with E-state index < -0.39 is 14.9 Å². The van der Waals surface area contributed by atoms with Gasteiger partial charge in [-0.15, -0.1) is 11.3 Å². The smallest absolute Gasteiger partial charge is 0.304 e. The predicted molar refractivity (Wildman–Crippen MR) is 83.6 cm³/mol. The van der Waals surface area contributed by atoms with Gasteiger partial charge in [0.1, 0.15) is 4.21 Å². The Morgan fingerprint density at radius 1 is 1.33 bits per heavy atom. The Morgan fingerprint density at radius 2 is 2.05 bits per heavy atom. The van der Waals surface area contributed by atoms with Crippen LogP contribution in [0.5, 0.6) is 0 Å². The van der Waals surface area contributed by atoms with Crippen molar-refractivity contribution in [2.24, 2.45) is 0 Å². The lowest BCUT2D eigenvalue weighted by molar-refractivity contribution is -0.383. The maximum atomic E-state index is 12.2. The Balaban J connectivity index is 2.21. The first kappa shape index (κ1) is 15.9. The van der Waals surface area contributed by atoms with Crippen LogP contribution in [0, 0.1) is 17.0 Å². The molecule has 0 aliphatic rings. The molecule has 0 aliphatic carbocycles. The normalized spacial score (nSPS) is 11.5. The van der Waals surface area contributed by atoms with Gasteiger partial charge in [-0.2, -0.15) is 0 Å². The van der Waals surface area contributed by atoms with E-state index in [0.29, 0.717) is 0 Å². The fourth-order valence-corrected chi connectivity index (χ4v) is 4.88. The molecule has 0 radical (unpaired) electrons. The van der Waals surface area contributed by atoms with Gasteiger partial charge in [0.15, 0.2) is 5.00 Å². The molecular formula is C11H13N3O4S3. The second-order valence-electron chi connectivity index (χ2n) is 4.12. The van der Waals surface area contributed by atoms with Crippen LogP contribution in [0.4, 0.5) is 10.7 Å². The number of aryl methyl sites for hydroxylation is 1. The van der Waals surface area contributed by atoms with Crippen molar-refractivity contribution in [2.75, 3.05) is 12.4 Å². The van der Waals surface area contributed by atoms with Gasteiger partial charge in [-0.05, 0) is 19.1 Å². The number of thiophene rings is 2. The second kappa shape index (κ2) is 6.10. The van der Waals surface area contributed by atoms with Crippen molar-refractivity contribution in [2.45, 2.75) is 17.7 Å². The predicted octanol–water partition coefficient (Wildman–Crippen LogP) is 2.55. The standard InChI is InChI=1S/C11H13N3O4S3/c1-7-3-4-8(19-7)6-13-21(17,18)10-5-9(14(15)16)11(12-2)20-10/h3-5,12-13H,6H2,1-2H3. The van der Waals surface area contributed by atoms with Crippen LogP contribution in [0.1, 0.15) is 9.75 Å². The molecule has 0 saturated carbocycles. The molecule has 0 spiro atoms. The summed E-state index contributed by atoms with van der Waals surface area (Å²) in [5.41, 5.74) is -0.241. The van der Waals surface area contributed by atoms with Crippen LogP contribution in [0.3, 0.4) is 0 Å². The molecule has 21 heavy (non-hydrogen) atoms. The summed E-state index contributed by atoms with van der Waals surface area (Å²) in [6.45, 7) is 2.10. The fraction of sp³-hybridized carbons (Fsp3) is 0.273. The zero-order valence-electron chi connectivity index (χ0n) is 11.2. The SMILES string of the molecule is CNc1sc(S(=O)(=O)NCc2ccc(C)s2)cc1[N+](=O)[O-]. The molecule has 2 rings (SSSR count). The number of anilines is 1. The lowest BCUT2D eigenvalue weighted by Crippen LogP contribution is -2.21. The summed E-state index contributed by atoms with van der Waals surface area (Å²) in [7, 11) is -2.25. The van der Waals surface area contributed by atoms with Crippen LogP contribution in [0.15, 0.2) is 22.4 Å². The number of sulfonamides is 1. The van der Waals surface area contributed by atoms with Crippen molar-refractivity contribution in [3.05, 3.63) is 38.1 Å². The highest BCUT2D eigenvalue weighted by molar-refractivity contribution is 7.91. The third kappa shape index (κ3) is 3.59. The Morgan fingerprint density at radius 3 is 2.52 bits per heavy atom. The molecular weight excluding hydrogens is 334 g/mol. The molecule has 2 aromatic heterocycles. The third-order valence-corrected chi connectivity index (χ3v) is 6.63. The number of nitrogens with one attached hydrogen (secondary N) is 2. The zero-order chi connectivity index (χ0) is 15.6. The quantitative estimate of drug-likeness (QED) is 0.618. The zero-order valence-corrected chi connectivity index (χ0v) is 13.7. The summed E-state index contributed by atoms with van der Waals surface area (Å²) in [6, 6.07) is 4.82. The molecule has 0 unspecified atom stereocenters. The maximum Gasteiger partial charge on any atom is 0.304 e. The van der Waals surface area contributed by atoms with Crippen LogP contribution in [-0.2, 0) is 16.6 Å². The molecule has 10 heteroatoms. The topological polar surface area (TPSA) is 101 Å². The monoisotopic (exact) mass is 347 g/mol. The van der Waals surface area contributed by atoms with E-state index in [1.54, 1.807) is 0 Å². The molecule has 114 valence electrons. The molecule has 0 bridgehead atoms. The first-order valence-electron chi connectivity index (χ1n) is 5.84. The van der Waals surface area contributed by atoms with Crippen LogP contribution in [0.25, 0.3) is 0 Å². The minimum atomic E-state index is -3.76. The van der Waals surface area contributed by atoms with Gasteiger partial charge in [0.25, 0.3) is 10.0 Å². The molecule has 7 nitrogen and oxygen atoms in total. The first-order valence-corrected chi connectivity index (χ1v) is 8.96. The minimum Gasteiger partial charge on any atom is -0.374 e. The number of rotatable bonds is 6. The molecule has 0 atom stereocenters. The number of hydrogen-bond acceptors (Lipinski definition) is 7. The van der Waals surface area contributed by atoms with Gasteiger partial charge in [0.05, 0.1) is 4.92 Å². The van der Waals surface area contributed by atoms with E-state index in [0.717, 1.165) is 27.2 Å². The molecule has 0 aliphatic heterocycles. The molecule has 2 heterocycles. The van der Waals surface area contributed by atoms with Crippen LogP contribution < -0.4 is 10.0 Å². The van der Waals surface area contributed by atoms with Crippen molar-refractivity contribution < 1.29 is 13.3 Å². The number of nitro groups is 1. The minimum absolute atomic E-state index is 0.0770. The van der Waals surface area contributed by atoms with E-state index in [1.165, 1.54) is 18.4 Å². The van der Waals surface area contributed by atoms with Crippen molar-refractivity contribution in [3.8, 4) is 0 Å². The van der Waals surface area contributed by atoms with Gasteiger partial charge in [-0.1, -0.05) is 11.3 Å². The van der Waals surface area contributed by atoms with Gasteiger partial charge in [0, 0.05) is 29.4 Å². The molecule has 0 fully saturated rings. The van der Waals surface area contributed by atoms with E-state index in [2.05, 4.69) is 10.0 Å². The highest BCUT2D eigenvalue weighted by Gasteiger charge is 2.25. The van der Waals surface area contributed by atoms with Crippen molar-refractivity contribution in [1.82, 2.24) is 4.72 Å². The Kier molecular flexibility index (Phi) is 4.61. The molecule has 2 N–H and O–H groups in total. The Hall–Kier alpha value is -1.49. The summed E-state index contributed by atoms with van der Waals surface area (Å²) in [4.78, 5) is 12.2. The molecule has 0 aromatic carbocycles. The highest BCUT2D eigenvalue weighted by atomic mass is 32.2. The third-order valence-electron chi connectivity index (χ3n) is 2.61.